The van der Waals surface area contributed by atoms with Gasteiger partial charge in [-0.1, -0.05) is 93.1 Å². The highest BCUT2D eigenvalue weighted by atomic mass is 16.5. The Morgan fingerprint density at radius 1 is 1.00 bits per heavy atom. The van der Waals surface area contributed by atoms with Crippen molar-refractivity contribution in [2.45, 2.75) is 76.2 Å². The van der Waals surface area contributed by atoms with Crippen molar-refractivity contribution in [2.24, 2.45) is 17.3 Å². The summed E-state index contributed by atoms with van der Waals surface area (Å²) < 4.78 is 11.9. The molecule has 4 fully saturated rings. The van der Waals surface area contributed by atoms with E-state index in [4.69, 9.17) is 9.47 Å². The Morgan fingerprint density at radius 3 is 2.47 bits per heavy atom. The van der Waals surface area contributed by atoms with Crippen LogP contribution in [0, 0.1) is 17.3 Å². The van der Waals surface area contributed by atoms with Crippen LogP contribution in [0.5, 0.6) is 0 Å². The zero-order valence-electron chi connectivity index (χ0n) is 28.4. The van der Waals surface area contributed by atoms with Gasteiger partial charge in [-0.15, -0.1) is 0 Å². The standard InChI is InChI=1S/C21H22N2O2.C20H22O4/c24-18-10-16-19-13-9-17-21(6-7-22(17)11-12(13)5-8-25-16)14-3-1-2-4-15(14)23(18)20(19)21;1-20(2,3)13-17(14-9-5-4-6-10-14)24-19(23)16-12-8-7-11-15(16)18(21)22/h1-5,13,16-17,19-20H,6-11H2;4-12,17H,13H2,1-3H3,(H,21,22)/t13-,16-,17-,19-,20-,21+;17-/m00/s1. The maximum absolute atomic E-state index is 13.2. The van der Waals surface area contributed by atoms with Gasteiger partial charge in [0.1, 0.15) is 6.10 Å². The van der Waals surface area contributed by atoms with Gasteiger partial charge in [-0.3, -0.25) is 9.69 Å². The van der Waals surface area contributed by atoms with E-state index in [-0.39, 0.29) is 34.0 Å². The number of carboxylic acid groups (broad SMARTS) is 1. The third-order valence-corrected chi connectivity index (χ3v) is 11.8. The van der Waals surface area contributed by atoms with Gasteiger partial charge in [-0.25, -0.2) is 9.59 Å². The maximum atomic E-state index is 13.2. The Bertz CT molecular complexity index is 1830. The fourth-order valence-electron chi connectivity index (χ4n) is 10.00. The lowest BCUT2D eigenvalue weighted by atomic mass is 9.53. The Balaban J connectivity index is 0.000000143. The molecule has 1 amide bonds. The van der Waals surface area contributed by atoms with Crippen LogP contribution in [0.3, 0.4) is 0 Å². The largest absolute Gasteiger partial charge is 0.478 e. The zero-order valence-corrected chi connectivity index (χ0v) is 28.4. The van der Waals surface area contributed by atoms with Gasteiger partial charge in [-0.2, -0.15) is 0 Å². The molecule has 5 aliphatic heterocycles. The number of ether oxygens (including phenoxy) is 2. The zero-order chi connectivity index (χ0) is 34.1. The normalized spacial score (nSPS) is 29.5. The molecular formula is C41H44N2O6. The average Bonchev–Trinajstić information content (AvgIpc) is 3.56. The number of nitrogens with zero attached hydrogens (tertiary/aromatic N) is 2. The minimum atomic E-state index is -1.14. The molecule has 3 saturated heterocycles. The molecule has 254 valence electrons. The van der Waals surface area contributed by atoms with Gasteiger partial charge in [0, 0.05) is 29.6 Å². The predicted molar refractivity (Wildman–Crippen MR) is 185 cm³/mol. The number of amides is 1. The van der Waals surface area contributed by atoms with Crippen molar-refractivity contribution in [3.05, 3.63) is 113 Å². The number of piperidine rings is 2. The number of carbonyl (C=O) groups excluding carboxylic acids is 2. The molecule has 1 spiro atoms. The second-order valence-corrected chi connectivity index (χ2v) is 15.7. The summed E-state index contributed by atoms with van der Waals surface area (Å²) in [5.74, 6) is -0.413. The third-order valence-electron chi connectivity index (χ3n) is 11.8. The van der Waals surface area contributed by atoms with Gasteiger partial charge in [0.2, 0.25) is 5.91 Å². The number of aromatic carboxylic acids is 1. The lowest BCUT2D eigenvalue weighted by Crippen LogP contribution is -2.69. The van der Waals surface area contributed by atoms with Gasteiger partial charge in [0.25, 0.3) is 0 Å². The number of benzene rings is 3. The van der Waals surface area contributed by atoms with Crippen molar-refractivity contribution in [1.29, 1.82) is 0 Å². The molecule has 3 aromatic carbocycles. The molecule has 5 heterocycles. The molecule has 8 heteroatoms. The number of anilines is 1. The van der Waals surface area contributed by atoms with Crippen molar-refractivity contribution < 1.29 is 29.0 Å². The van der Waals surface area contributed by atoms with E-state index >= 15 is 0 Å². The molecule has 1 N–H and O–H groups in total. The van der Waals surface area contributed by atoms with Crippen LogP contribution in [-0.4, -0.2) is 65.7 Å². The number of rotatable bonds is 5. The van der Waals surface area contributed by atoms with Gasteiger partial charge < -0.3 is 19.5 Å². The first-order valence-electron chi connectivity index (χ1n) is 17.6. The molecule has 8 nitrogen and oxygen atoms in total. The molecule has 0 unspecified atom stereocenters. The SMILES string of the molecule is CC(C)(C)C[C@H](OC(=O)c1ccccc1C(=O)O)c1ccccc1.O=C1C[C@@H]2OCC=C3CN4CC[C@]56c7ccccc7N1[C@H]5[C@H]2[C@H]3C[C@H]46. The fraction of sp³-hybridized carbons (Fsp3) is 0.439. The van der Waals surface area contributed by atoms with Crippen LogP contribution in [0.1, 0.15) is 84.4 Å². The highest BCUT2D eigenvalue weighted by Gasteiger charge is 2.70. The van der Waals surface area contributed by atoms with Gasteiger partial charge >= 0.3 is 11.9 Å². The van der Waals surface area contributed by atoms with Crippen molar-refractivity contribution in [3.63, 3.8) is 0 Å². The number of carbonyl (C=O) groups is 3. The fourth-order valence-corrected chi connectivity index (χ4v) is 10.00. The van der Waals surface area contributed by atoms with Crippen LogP contribution in [0.25, 0.3) is 0 Å². The van der Waals surface area contributed by atoms with E-state index in [1.54, 1.807) is 17.7 Å². The molecule has 1 aliphatic carbocycles. The van der Waals surface area contributed by atoms with Crippen molar-refractivity contribution in [1.82, 2.24) is 4.90 Å². The minimum Gasteiger partial charge on any atom is -0.478 e. The number of hydrogen-bond donors (Lipinski definition) is 1. The molecule has 2 bridgehead atoms. The lowest BCUT2D eigenvalue weighted by Gasteiger charge is -2.58. The summed E-state index contributed by atoms with van der Waals surface area (Å²) in [7, 11) is 0. The van der Waals surface area contributed by atoms with Gasteiger partial charge in [0.15, 0.2) is 0 Å². The summed E-state index contributed by atoms with van der Waals surface area (Å²) in [6.07, 6.45) is 5.64. The summed E-state index contributed by atoms with van der Waals surface area (Å²) in [5, 5.41) is 9.24. The van der Waals surface area contributed by atoms with Crippen molar-refractivity contribution in [2.75, 3.05) is 24.6 Å². The van der Waals surface area contributed by atoms with Gasteiger partial charge in [0.05, 0.1) is 36.3 Å². The molecule has 0 aromatic heterocycles. The third kappa shape index (κ3) is 5.22. The quantitative estimate of drug-likeness (QED) is 0.237. The predicted octanol–water partition coefficient (Wildman–Crippen LogP) is 6.81. The van der Waals surface area contributed by atoms with Gasteiger partial charge in [-0.05, 0) is 66.5 Å². The molecule has 1 saturated carbocycles. The van der Waals surface area contributed by atoms with Crippen molar-refractivity contribution >= 4 is 23.5 Å². The van der Waals surface area contributed by atoms with E-state index in [1.807, 2.05) is 30.3 Å². The topological polar surface area (TPSA) is 96.4 Å². The Hall–Kier alpha value is -4.27. The first kappa shape index (κ1) is 32.0. The molecule has 3 aromatic rings. The molecule has 7 atom stereocenters. The van der Waals surface area contributed by atoms with Crippen LogP contribution in [-0.2, 0) is 19.7 Å². The van der Waals surface area contributed by atoms with E-state index in [0.717, 1.165) is 12.1 Å². The summed E-state index contributed by atoms with van der Waals surface area (Å²) in [6, 6.07) is 25.2. The van der Waals surface area contributed by atoms with Crippen LogP contribution in [0.15, 0.2) is 90.5 Å². The summed E-state index contributed by atoms with van der Waals surface area (Å²) in [6.45, 7) is 9.18. The summed E-state index contributed by atoms with van der Waals surface area (Å²) in [4.78, 5) is 41.9. The summed E-state index contributed by atoms with van der Waals surface area (Å²) in [5.41, 5.74) is 5.22. The Labute approximate surface area is 287 Å². The van der Waals surface area contributed by atoms with E-state index in [1.165, 1.54) is 42.8 Å². The van der Waals surface area contributed by atoms with E-state index < -0.39 is 18.0 Å². The maximum Gasteiger partial charge on any atom is 0.339 e. The minimum absolute atomic E-state index is 0.0485. The Morgan fingerprint density at radius 2 is 1.71 bits per heavy atom. The van der Waals surface area contributed by atoms with Crippen LogP contribution in [0.2, 0.25) is 0 Å². The number of carboxylic acids is 1. The van der Waals surface area contributed by atoms with Crippen LogP contribution < -0.4 is 4.90 Å². The van der Waals surface area contributed by atoms with Crippen LogP contribution in [0.4, 0.5) is 5.69 Å². The van der Waals surface area contributed by atoms with E-state index in [0.29, 0.717) is 43.4 Å². The first-order chi connectivity index (χ1) is 23.6. The lowest BCUT2D eigenvalue weighted by molar-refractivity contribution is -0.132. The van der Waals surface area contributed by atoms with E-state index in [9.17, 15) is 19.5 Å². The average molecular weight is 661 g/mol. The smallest absolute Gasteiger partial charge is 0.339 e. The highest BCUT2D eigenvalue weighted by Crippen LogP contribution is 2.65. The number of para-hydroxylation sites is 1. The van der Waals surface area contributed by atoms with Crippen molar-refractivity contribution in [3.8, 4) is 0 Å². The molecule has 6 aliphatic rings. The highest BCUT2D eigenvalue weighted by molar-refractivity contribution is 6.02. The molecule has 0 radical (unpaired) electrons. The molecule has 9 rings (SSSR count). The number of hydrogen-bond acceptors (Lipinski definition) is 6. The second kappa shape index (κ2) is 12.0. The summed E-state index contributed by atoms with van der Waals surface area (Å²) >= 11 is 0. The number of fused-ring (bicyclic) bond motifs is 2. The molecule has 49 heavy (non-hydrogen) atoms. The Kier molecular flexibility index (Phi) is 7.80. The second-order valence-electron chi connectivity index (χ2n) is 15.7. The van der Waals surface area contributed by atoms with E-state index in [2.05, 4.69) is 60.9 Å². The van der Waals surface area contributed by atoms with Crippen LogP contribution >= 0.6 is 0 Å². The monoisotopic (exact) mass is 660 g/mol. The molecular weight excluding hydrogens is 616 g/mol. The number of esters is 1. The first-order valence-corrected chi connectivity index (χ1v) is 17.6.